The van der Waals surface area contributed by atoms with Crippen LogP contribution in [0.25, 0.3) is 0 Å². The number of ether oxygens (including phenoxy) is 2. The van der Waals surface area contributed by atoms with Crippen molar-refractivity contribution in [1.29, 1.82) is 0 Å². The summed E-state index contributed by atoms with van der Waals surface area (Å²) < 4.78 is 9.18. The van der Waals surface area contributed by atoms with Crippen LogP contribution in [0.1, 0.15) is 52.4 Å². The van der Waals surface area contributed by atoms with E-state index in [-0.39, 0.29) is 56.5 Å². The zero-order valence-corrected chi connectivity index (χ0v) is 16.9. The van der Waals surface area contributed by atoms with Crippen LogP contribution in [0.4, 0.5) is 0 Å². The van der Waals surface area contributed by atoms with Gasteiger partial charge in [-0.1, -0.05) is 26.7 Å². The maximum absolute atomic E-state index is 10.9. The Balaban J connectivity index is -0.000000295. The van der Waals surface area contributed by atoms with E-state index >= 15 is 0 Å². The molecule has 0 amide bonds. The molecule has 0 saturated carbocycles. The third-order valence-electron chi connectivity index (χ3n) is 3.16. The number of methoxy groups -OCH3 is 2. The molecule has 0 saturated heterocycles. The molecule has 0 bridgehead atoms. The fourth-order valence-electron chi connectivity index (χ4n) is 1.80. The summed E-state index contributed by atoms with van der Waals surface area (Å²) in [6, 6.07) is 0. The van der Waals surface area contributed by atoms with Gasteiger partial charge in [0, 0.05) is 32.7 Å². The fraction of sp³-hybridized carbons (Fsp3) is 0.750. The Hall–Kier alpha value is 0.0439. The van der Waals surface area contributed by atoms with Crippen molar-refractivity contribution in [2.75, 3.05) is 14.2 Å². The van der Waals surface area contributed by atoms with Gasteiger partial charge >= 0.3 is 11.9 Å². The van der Waals surface area contributed by atoms with Gasteiger partial charge < -0.3 is 23.3 Å². The topological polar surface area (TPSA) is 52.6 Å². The molecule has 0 aliphatic heterocycles. The van der Waals surface area contributed by atoms with Crippen LogP contribution in [0.3, 0.4) is 0 Å². The first-order valence-corrected chi connectivity index (χ1v) is 7.26. The van der Waals surface area contributed by atoms with E-state index in [1.54, 1.807) is 0 Å². The van der Waals surface area contributed by atoms with Crippen molar-refractivity contribution >= 4 is 11.9 Å². The molecular formula is C16H30O4Y-2. The van der Waals surface area contributed by atoms with Gasteiger partial charge in [0.1, 0.15) is 0 Å². The maximum atomic E-state index is 10.9. The molecule has 5 heteroatoms. The molecule has 2 atom stereocenters. The van der Waals surface area contributed by atoms with Gasteiger partial charge in [0.25, 0.3) is 0 Å². The molecule has 0 N–H and O–H groups in total. The number of esters is 2. The molecule has 1 radical (unpaired) electrons. The Morgan fingerprint density at radius 3 is 1.29 bits per heavy atom. The average Bonchev–Trinajstić information content (AvgIpc) is 2.49. The van der Waals surface area contributed by atoms with E-state index < -0.39 is 0 Å². The van der Waals surface area contributed by atoms with Crippen LogP contribution >= 0.6 is 0 Å². The minimum atomic E-state index is -0.105. The first-order chi connectivity index (χ1) is 9.51. The molecule has 123 valence electrons. The van der Waals surface area contributed by atoms with E-state index in [9.17, 15) is 9.59 Å². The summed E-state index contributed by atoms with van der Waals surface area (Å²) in [5, 5.41) is 0. The van der Waals surface area contributed by atoms with Crippen LogP contribution in [-0.4, -0.2) is 26.2 Å². The normalized spacial score (nSPS) is 12.1. The molecule has 0 aromatic carbocycles. The van der Waals surface area contributed by atoms with Crippen LogP contribution in [0, 0.1) is 25.7 Å². The van der Waals surface area contributed by atoms with Gasteiger partial charge in [-0.3, -0.25) is 9.59 Å². The molecule has 0 rings (SSSR count). The molecule has 4 nitrogen and oxygen atoms in total. The van der Waals surface area contributed by atoms with Gasteiger partial charge in [-0.25, -0.2) is 0 Å². The second-order valence-electron chi connectivity index (χ2n) is 4.54. The fourth-order valence-corrected chi connectivity index (χ4v) is 1.80. The van der Waals surface area contributed by atoms with Gasteiger partial charge in [-0.15, -0.1) is 0 Å². The predicted octanol–water partition coefficient (Wildman–Crippen LogP) is 3.60. The Kier molecular flexibility index (Phi) is 22.4. The van der Waals surface area contributed by atoms with Crippen LogP contribution in [-0.2, 0) is 51.8 Å². The van der Waals surface area contributed by atoms with E-state index in [2.05, 4.69) is 23.3 Å². The number of hydrogen-bond donors (Lipinski definition) is 0. The van der Waals surface area contributed by atoms with Crippen molar-refractivity contribution in [2.45, 2.75) is 52.4 Å². The Morgan fingerprint density at radius 1 is 0.857 bits per heavy atom. The summed E-state index contributed by atoms with van der Waals surface area (Å²) >= 11 is 0. The molecular weight excluding hydrogens is 345 g/mol. The Morgan fingerprint density at radius 2 is 1.14 bits per heavy atom. The molecule has 0 aliphatic rings. The first kappa shape index (κ1) is 26.0. The molecule has 0 heterocycles. The minimum absolute atomic E-state index is 0. The van der Waals surface area contributed by atoms with E-state index in [0.717, 1.165) is 38.5 Å². The smallest absolute Gasteiger partial charge is 0.308 e. The summed E-state index contributed by atoms with van der Waals surface area (Å²) in [6.45, 7) is 11.3. The van der Waals surface area contributed by atoms with Gasteiger partial charge in [0.15, 0.2) is 0 Å². The molecule has 0 spiro atoms. The number of carbonyl (C=O) groups is 2. The van der Waals surface area contributed by atoms with E-state index in [1.807, 2.05) is 13.8 Å². The predicted molar refractivity (Wildman–Crippen MR) is 80.8 cm³/mol. The molecule has 0 aromatic heterocycles. The van der Waals surface area contributed by atoms with Crippen molar-refractivity contribution in [3.05, 3.63) is 13.8 Å². The van der Waals surface area contributed by atoms with Crippen LogP contribution in [0.2, 0.25) is 0 Å². The Bertz CT molecular complexity index is 231. The number of rotatable bonds is 8. The second kappa shape index (κ2) is 18.1. The van der Waals surface area contributed by atoms with Crippen molar-refractivity contribution < 1.29 is 51.8 Å². The van der Waals surface area contributed by atoms with Crippen LogP contribution in [0.5, 0.6) is 0 Å². The quantitative estimate of drug-likeness (QED) is 0.481. The first-order valence-electron chi connectivity index (χ1n) is 7.26. The summed E-state index contributed by atoms with van der Waals surface area (Å²) in [7, 11) is 2.85. The van der Waals surface area contributed by atoms with Crippen LogP contribution in [0.15, 0.2) is 0 Å². The van der Waals surface area contributed by atoms with Crippen molar-refractivity contribution in [2.24, 2.45) is 11.8 Å². The summed E-state index contributed by atoms with van der Waals surface area (Å²) in [6.07, 6.45) is 4.97. The molecule has 2 unspecified atom stereocenters. The van der Waals surface area contributed by atoms with Gasteiger partial charge in [-0.05, 0) is 12.8 Å². The zero-order valence-electron chi connectivity index (χ0n) is 14.0. The van der Waals surface area contributed by atoms with E-state index in [4.69, 9.17) is 0 Å². The largest absolute Gasteiger partial charge is 0.469 e. The SMILES string of the molecule is [CH2-]CCC(CC)C(=O)OC.[CH2-]CCC(CC)C(=O)OC.[Y]. The average molecular weight is 375 g/mol. The monoisotopic (exact) mass is 375 g/mol. The van der Waals surface area contributed by atoms with Crippen LogP contribution < -0.4 is 0 Å². The molecule has 0 aromatic rings. The van der Waals surface area contributed by atoms with Gasteiger partial charge in [-0.2, -0.15) is 12.8 Å². The zero-order chi connectivity index (χ0) is 16.0. The summed E-state index contributed by atoms with van der Waals surface area (Å²) in [5.74, 6) is -0.0951. The standard InChI is InChI=1S/2C8H15O2.Y/c2*1-4-6-7(5-2)8(9)10-3;/h2*7H,1,4-6H2,2-3H3;/q2*-1;. The maximum Gasteiger partial charge on any atom is 0.308 e. The number of carbonyl (C=O) groups excluding carboxylic acids is 2. The third-order valence-corrected chi connectivity index (χ3v) is 3.16. The summed E-state index contributed by atoms with van der Waals surface area (Å²) in [4.78, 5) is 21.8. The minimum Gasteiger partial charge on any atom is -0.469 e. The summed E-state index contributed by atoms with van der Waals surface area (Å²) in [5.41, 5.74) is 0. The Labute approximate surface area is 155 Å². The van der Waals surface area contributed by atoms with Crippen molar-refractivity contribution in [3.63, 3.8) is 0 Å². The van der Waals surface area contributed by atoms with E-state index in [0.29, 0.717) is 0 Å². The third kappa shape index (κ3) is 13.4. The van der Waals surface area contributed by atoms with Crippen molar-refractivity contribution in [3.8, 4) is 0 Å². The van der Waals surface area contributed by atoms with Gasteiger partial charge in [0.2, 0.25) is 0 Å². The van der Waals surface area contributed by atoms with E-state index in [1.165, 1.54) is 14.2 Å². The molecule has 0 aliphatic carbocycles. The second-order valence-corrected chi connectivity index (χ2v) is 4.54. The van der Waals surface area contributed by atoms with Crippen molar-refractivity contribution in [1.82, 2.24) is 0 Å². The number of hydrogen-bond acceptors (Lipinski definition) is 4. The molecule has 0 fully saturated rings. The van der Waals surface area contributed by atoms with Gasteiger partial charge in [0.05, 0.1) is 26.1 Å². The molecule has 21 heavy (non-hydrogen) atoms.